The second-order valence-electron chi connectivity index (χ2n) is 5.71. The molecule has 1 atom stereocenters. The van der Waals surface area contributed by atoms with Crippen molar-refractivity contribution < 1.29 is 10.0 Å². The number of aliphatic hydroxyl groups is 1. The molecule has 0 fully saturated rings. The molecule has 122 valence electrons. The maximum atomic E-state index is 11.4. The fourth-order valence-corrected chi connectivity index (χ4v) is 3.06. The Bertz CT molecular complexity index is 713. The number of nitro benzene ring substituents is 1. The third kappa shape index (κ3) is 4.39. The third-order valence-electron chi connectivity index (χ3n) is 3.67. The Morgan fingerprint density at radius 3 is 2.57 bits per heavy atom. The minimum Gasteiger partial charge on any atom is -0.393 e. The van der Waals surface area contributed by atoms with E-state index >= 15 is 0 Å². The van der Waals surface area contributed by atoms with Crippen molar-refractivity contribution in [3.8, 4) is 11.1 Å². The van der Waals surface area contributed by atoms with Crippen LogP contribution >= 0.6 is 15.9 Å². The summed E-state index contributed by atoms with van der Waals surface area (Å²) in [4.78, 5) is 11.1. The zero-order valence-corrected chi connectivity index (χ0v) is 14.8. The van der Waals surface area contributed by atoms with Crippen molar-refractivity contribution in [2.45, 2.75) is 39.2 Å². The molecular formula is C18H20BrNO3. The van der Waals surface area contributed by atoms with Gasteiger partial charge in [-0.1, -0.05) is 41.4 Å². The zero-order valence-electron chi connectivity index (χ0n) is 13.3. The third-order valence-corrected chi connectivity index (χ3v) is 4.17. The van der Waals surface area contributed by atoms with Gasteiger partial charge in [0.1, 0.15) is 0 Å². The first-order chi connectivity index (χ1) is 10.9. The number of rotatable bonds is 6. The van der Waals surface area contributed by atoms with Gasteiger partial charge in [-0.2, -0.15) is 0 Å². The molecule has 1 N–H and O–H groups in total. The fourth-order valence-electron chi connectivity index (χ4n) is 2.70. The van der Waals surface area contributed by atoms with Crippen LogP contribution in [0.3, 0.4) is 0 Å². The molecule has 1 unspecified atom stereocenters. The van der Waals surface area contributed by atoms with Gasteiger partial charge >= 0.3 is 0 Å². The minimum atomic E-state index is -0.507. The normalized spacial score (nSPS) is 12.2. The van der Waals surface area contributed by atoms with Gasteiger partial charge < -0.3 is 5.11 Å². The van der Waals surface area contributed by atoms with Crippen molar-refractivity contribution in [1.82, 2.24) is 0 Å². The van der Waals surface area contributed by atoms with Crippen molar-refractivity contribution in [3.05, 3.63) is 62.1 Å². The molecule has 4 nitrogen and oxygen atoms in total. The van der Waals surface area contributed by atoms with E-state index in [4.69, 9.17) is 0 Å². The largest absolute Gasteiger partial charge is 0.393 e. The van der Waals surface area contributed by atoms with Gasteiger partial charge in [-0.3, -0.25) is 10.1 Å². The van der Waals surface area contributed by atoms with Crippen LogP contribution in [0.5, 0.6) is 0 Å². The van der Waals surface area contributed by atoms with Gasteiger partial charge in [0.25, 0.3) is 5.69 Å². The van der Waals surface area contributed by atoms with Crippen molar-refractivity contribution in [3.63, 3.8) is 0 Å². The Labute approximate surface area is 144 Å². The van der Waals surface area contributed by atoms with Crippen LogP contribution in [0.25, 0.3) is 11.1 Å². The van der Waals surface area contributed by atoms with E-state index in [1.54, 1.807) is 13.0 Å². The lowest BCUT2D eigenvalue weighted by molar-refractivity contribution is -0.384. The summed E-state index contributed by atoms with van der Waals surface area (Å²) < 4.78 is 0.858. The summed E-state index contributed by atoms with van der Waals surface area (Å²) in [5.41, 5.74) is 3.48. The average Bonchev–Trinajstić information content (AvgIpc) is 2.48. The lowest BCUT2D eigenvalue weighted by Gasteiger charge is -2.13. The molecule has 0 amide bonds. The maximum Gasteiger partial charge on any atom is 0.277 e. The summed E-state index contributed by atoms with van der Waals surface area (Å²) in [6, 6.07) is 11.0. The number of nitro groups is 1. The highest BCUT2D eigenvalue weighted by Crippen LogP contribution is 2.35. The summed E-state index contributed by atoms with van der Waals surface area (Å²) in [5.74, 6) is 0. The van der Waals surface area contributed by atoms with E-state index in [2.05, 4.69) is 22.9 Å². The lowest BCUT2D eigenvalue weighted by atomic mass is 9.93. The average molecular weight is 378 g/mol. The number of halogens is 1. The van der Waals surface area contributed by atoms with Crippen LogP contribution in [-0.2, 0) is 12.8 Å². The second kappa shape index (κ2) is 7.70. The Morgan fingerprint density at radius 1 is 1.22 bits per heavy atom. The number of hydrogen-bond donors (Lipinski definition) is 1. The van der Waals surface area contributed by atoms with E-state index in [1.165, 1.54) is 0 Å². The van der Waals surface area contributed by atoms with Crippen molar-refractivity contribution in [2.24, 2.45) is 0 Å². The van der Waals surface area contributed by atoms with Gasteiger partial charge in [0, 0.05) is 10.5 Å². The summed E-state index contributed by atoms with van der Waals surface area (Å²) >= 11 is 3.44. The molecule has 0 saturated carbocycles. The second-order valence-corrected chi connectivity index (χ2v) is 6.63. The van der Waals surface area contributed by atoms with Gasteiger partial charge in [0.15, 0.2) is 0 Å². The Morgan fingerprint density at radius 2 is 1.96 bits per heavy atom. The Kier molecular flexibility index (Phi) is 5.91. The van der Waals surface area contributed by atoms with Crippen LogP contribution in [0.4, 0.5) is 5.69 Å². The zero-order chi connectivity index (χ0) is 17.0. The maximum absolute atomic E-state index is 11.4. The molecule has 2 aromatic rings. The summed E-state index contributed by atoms with van der Waals surface area (Å²) in [6.07, 6.45) is 1.81. The standard InChI is InChI=1S/C18H20BrNO3/c1-3-4-13-5-8-18(20(22)23)17(10-13)16-11-15(19)7-6-14(16)9-12(2)21/h5-8,10-12,21H,3-4,9H2,1-2H3. The first kappa shape index (κ1) is 17.6. The van der Waals surface area contributed by atoms with Gasteiger partial charge in [-0.05, 0) is 54.7 Å². The minimum absolute atomic E-state index is 0.0924. The molecule has 0 aliphatic rings. The van der Waals surface area contributed by atoms with E-state index in [1.807, 2.05) is 30.3 Å². The van der Waals surface area contributed by atoms with Crippen LogP contribution in [0.15, 0.2) is 40.9 Å². The highest BCUT2D eigenvalue weighted by molar-refractivity contribution is 9.10. The summed E-state index contributed by atoms with van der Waals surface area (Å²) in [6.45, 7) is 3.80. The SMILES string of the molecule is CCCc1ccc([N+](=O)[O-])c(-c2cc(Br)ccc2CC(C)O)c1. The van der Waals surface area contributed by atoms with E-state index in [0.29, 0.717) is 12.0 Å². The molecular weight excluding hydrogens is 358 g/mol. The molecule has 0 aliphatic heterocycles. The monoisotopic (exact) mass is 377 g/mol. The fraction of sp³-hybridized carbons (Fsp3) is 0.333. The molecule has 23 heavy (non-hydrogen) atoms. The number of nitrogens with zero attached hydrogens (tertiary/aromatic N) is 1. The predicted octanol–water partition coefficient (Wildman–Crippen LogP) is 4.90. The highest BCUT2D eigenvalue weighted by Gasteiger charge is 2.19. The highest BCUT2D eigenvalue weighted by atomic mass is 79.9. The smallest absolute Gasteiger partial charge is 0.277 e. The predicted molar refractivity (Wildman–Crippen MR) is 95.6 cm³/mol. The molecule has 0 heterocycles. The van der Waals surface area contributed by atoms with Crippen LogP contribution in [-0.4, -0.2) is 16.1 Å². The van der Waals surface area contributed by atoms with Crippen LogP contribution in [0, 0.1) is 10.1 Å². The van der Waals surface area contributed by atoms with Gasteiger partial charge in [0.2, 0.25) is 0 Å². The van der Waals surface area contributed by atoms with E-state index in [9.17, 15) is 15.2 Å². The first-order valence-electron chi connectivity index (χ1n) is 7.66. The van der Waals surface area contributed by atoms with Gasteiger partial charge in [-0.15, -0.1) is 0 Å². The summed E-state index contributed by atoms with van der Waals surface area (Å²) in [7, 11) is 0. The van der Waals surface area contributed by atoms with Crippen LogP contribution in [0.1, 0.15) is 31.4 Å². The number of aryl methyl sites for hydroxylation is 1. The van der Waals surface area contributed by atoms with E-state index < -0.39 is 6.10 Å². The molecule has 0 aromatic heterocycles. The van der Waals surface area contributed by atoms with Crippen LogP contribution < -0.4 is 0 Å². The lowest BCUT2D eigenvalue weighted by Crippen LogP contribution is -2.06. The Hall–Kier alpha value is -1.72. The molecule has 5 heteroatoms. The first-order valence-corrected chi connectivity index (χ1v) is 8.45. The molecule has 0 bridgehead atoms. The molecule has 0 spiro atoms. The van der Waals surface area contributed by atoms with Gasteiger partial charge in [-0.25, -0.2) is 0 Å². The van der Waals surface area contributed by atoms with E-state index in [0.717, 1.165) is 34.0 Å². The van der Waals surface area contributed by atoms with Crippen LogP contribution in [0.2, 0.25) is 0 Å². The Balaban J connectivity index is 2.65. The summed E-state index contributed by atoms with van der Waals surface area (Å²) in [5, 5.41) is 21.1. The van der Waals surface area contributed by atoms with Crippen molar-refractivity contribution in [2.75, 3.05) is 0 Å². The quantitative estimate of drug-likeness (QED) is 0.574. The molecule has 0 radical (unpaired) electrons. The number of hydrogen-bond acceptors (Lipinski definition) is 3. The molecule has 0 saturated heterocycles. The molecule has 2 rings (SSSR count). The van der Waals surface area contributed by atoms with E-state index in [-0.39, 0.29) is 10.6 Å². The van der Waals surface area contributed by atoms with Crippen molar-refractivity contribution >= 4 is 21.6 Å². The topological polar surface area (TPSA) is 63.4 Å². The number of aliphatic hydroxyl groups excluding tert-OH is 1. The number of benzene rings is 2. The van der Waals surface area contributed by atoms with Gasteiger partial charge in [0.05, 0.1) is 16.6 Å². The van der Waals surface area contributed by atoms with Crippen molar-refractivity contribution in [1.29, 1.82) is 0 Å². The molecule has 2 aromatic carbocycles. The molecule has 0 aliphatic carbocycles.